The first-order valence-corrected chi connectivity index (χ1v) is 7.07. The highest BCUT2D eigenvalue weighted by atomic mass is 79.9. The van der Waals surface area contributed by atoms with Crippen LogP contribution >= 0.6 is 15.9 Å². The summed E-state index contributed by atoms with van der Waals surface area (Å²) in [7, 11) is 0. The number of piperidine rings is 1. The van der Waals surface area contributed by atoms with Crippen LogP contribution in [-0.4, -0.2) is 23.9 Å². The van der Waals surface area contributed by atoms with Crippen LogP contribution in [0.15, 0.2) is 22.7 Å². The zero-order valence-electron chi connectivity index (χ0n) is 10.5. The summed E-state index contributed by atoms with van der Waals surface area (Å²) in [5.74, 6) is 0.561. The predicted octanol–water partition coefficient (Wildman–Crippen LogP) is 3.39. The van der Waals surface area contributed by atoms with E-state index in [0.717, 1.165) is 31.5 Å². The molecule has 0 atom stereocenters. The van der Waals surface area contributed by atoms with Crippen LogP contribution < -0.4 is 0 Å². The first-order chi connectivity index (χ1) is 8.56. The fourth-order valence-electron chi connectivity index (χ4n) is 2.20. The molecule has 0 unspecified atom stereocenters. The van der Waals surface area contributed by atoms with Crippen LogP contribution in [0.4, 0.5) is 4.39 Å². The molecule has 0 aliphatic carbocycles. The molecule has 1 aromatic carbocycles. The Kier molecular flexibility index (Phi) is 4.38. The van der Waals surface area contributed by atoms with Crippen molar-refractivity contribution in [2.45, 2.75) is 26.2 Å². The van der Waals surface area contributed by atoms with E-state index in [1.54, 1.807) is 6.07 Å². The van der Waals surface area contributed by atoms with Crippen LogP contribution in [0.1, 0.15) is 25.3 Å². The van der Waals surface area contributed by atoms with E-state index in [1.165, 1.54) is 12.1 Å². The first kappa shape index (κ1) is 13.5. The van der Waals surface area contributed by atoms with E-state index in [2.05, 4.69) is 22.9 Å². The van der Waals surface area contributed by atoms with Gasteiger partial charge in [0.05, 0.1) is 6.42 Å². The lowest BCUT2D eigenvalue weighted by atomic mass is 9.98. The number of hydrogen-bond acceptors (Lipinski definition) is 1. The fourth-order valence-corrected chi connectivity index (χ4v) is 2.69. The number of carbonyl (C=O) groups excluding carboxylic acids is 1. The largest absolute Gasteiger partial charge is 0.342 e. The molecule has 0 N–H and O–H groups in total. The highest BCUT2D eigenvalue weighted by Gasteiger charge is 2.20. The van der Waals surface area contributed by atoms with E-state index in [0.29, 0.717) is 16.8 Å². The number of amides is 1. The van der Waals surface area contributed by atoms with Crippen LogP contribution in [0, 0.1) is 11.7 Å². The van der Waals surface area contributed by atoms with Gasteiger partial charge in [-0.1, -0.05) is 28.9 Å². The molecule has 4 heteroatoms. The molecule has 1 saturated heterocycles. The molecule has 18 heavy (non-hydrogen) atoms. The molecule has 0 aromatic heterocycles. The first-order valence-electron chi connectivity index (χ1n) is 6.28. The number of rotatable bonds is 2. The van der Waals surface area contributed by atoms with Gasteiger partial charge in [0, 0.05) is 17.6 Å². The molecule has 0 radical (unpaired) electrons. The summed E-state index contributed by atoms with van der Waals surface area (Å²) < 4.78 is 13.6. The lowest BCUT2D eigenvalue weighted by Crippen LogP contribution is -2.38. The smallest absolute Gasteiger partial charge is 0.227 e. The second-order valence-electron chi connectivity index (χ2n) is 4.98. The number of carbonyl (C=O) groups is 1. The Labute approximate surface area is 115 Å². The molecule has 1 heterocycles. The van der Waals surface area contributed by atoms with Gasteiger partial charge in [-0.3, -0.25) is 4.79 Å². The van der Waals surface area contributed by atoms with E-state index in [1.807, 2.05) is 4.90 Å². The van der Waals surface area contributed by atoms with Crippen molar-refractivity contribution in [3.8, 4) is 0 Å². The van der Waals surface area contributed by atoms with E-state index in [-0.39, 0.29) is 11.7 Å². The lowest BCUT2D eigenvalue weighted by molar-refractivity contribution is -0.131. The summed E-state index contributed by atoms with van der Waals surface area (Å²) in [6, 6.07) is 4.47. The minimum atomic E-state index is -0.287. The van der Waals surface area contributed by atoms with E-state index in [4.69, 9.17) is 0 Å². The third-order valence-corrected chi connectivity index (χ3v) is 4.23. The highest BCUT2D eigenvalue weighted by molar-refractivity contribution is 9.10. The van der Waals surface area contributed by atoms with Gasteiger partial charge in [0.25, 0.3) is 0 Å². The van der Waals surface area contributed by atoms with Crippen molar-refractivity contribution in [3.63, 3.8) is 0 Å². The Hall–Kier alpha value is -0.900. The van der Waals surface area contributed by atoms with E-state index >= 15 is 0 Å². The van der Waals surface area contributed by atoms with E-state index in [9.17, 15) is 9.18 Å². The molecule has 1 aliphatic heterocycles. The van der Waals surface area contributed by atoms with Crippen molar-refractivity contribution < 1.29 is 9.18 Å². The van der Waals surface area contributed by atoms with Gasteiger partial charge in [0.1, 0.15) is 5.82 Å². The van der Waals surface area contributed by atoms with E-state index < -0.39 is 0 Å². The molecule has 1 aliphatic rings. The van der Waals surface area contributed by atoms with Crippen LogP contribution in [0.5, 0.6) is 0 Å². The fraction of sp³-hybridized carbons (Fsp3) is 0.500. The van der Waals surface area contributed by atoms with Crippen LogP contribution in [-0.2, 0) is 11.2 Å². The van der Waals surface area contributed by atoms with Crippen molar-refractivity contribution in [1.82, 2.24) is 4.90 Å². The number of hydrogen-bond donors (Lipinski definition) is 0. The molecule has 0 bridgehead atoms. The standard InChI is InChI=1S/C14H17BrFNO/c1-10-4-6-17(7-5-10)14(18)8-11-2-3-12(16)9-13(11)15/h2-3,9-10H,4-8H2,1H3. The summed E-state index contributed by atoms with van der Waals surface area (Å²) in [6.45, 7) is 3.91. The van der Waals surface area contributed by atoms with Crippen LogP contribution in [0.25, 0.3) is 0 Å². The topological polar surface area (TPSA) is 20.3 Å². The maximum absolute atomic E-state index is 13.0. The minimum Gasteiger partial charge on any atom is -0.342 e. The number of nitrogens with zero attached hydrogens (tertiary/aromatic N) is 1. The Balaban J connectivity index is 1.98. The van der Waals surface area contributed by atoms with Crippen molar-refractivity contribution in [3.05, 3.63) is 34.1 Å². The summed E-state index contributed by atoms with van der Waals surface area (Å²) in [5.41, 5.74) is 0.847. The second kappa shape index (κ2) is 5.83. The maximum Gasteiger partial charge on any atom is 0.227 e. The molecular formula is C14H17BrFNO. The monoisotopic (exact) mass is 313 g/mol. The lowest BCUT2D eigenvalue weighted by Gasteiger charge is -2.30. The van der Waals surface area contributed by atoms with Gasteiger partial charge in [-0.15, -0.1) is 0 Å². The normalized spacial score (nSPS) is 16.9. The van der Waals surface area contributed by atoms with Crippen molar-refractivity contribution >= 4 is 21.8 Å². The number of benzene rings is 1. The third kappa shape index (κ3) is 3.31. The Bertz CT molecular complexity index is 441. The highest BCUT2D eigenvalue weighted by Crippen LogP contribution is 2.21. The van der Waals surface area contributed by atoms with Gasteiger partial charge >= 0.3 is 0 Å². The predicted molar refractivity (Wildman–Crippen MR) is 72.8 cm³/mol. The molecule has 0 spiro atoms. The van der Waals surface area contributed by atoms with Gasteiger partial charge in [-0.2, -0.15) is 0 Å². The van der Waals surface area contributed by atoms with Gasteiger partial charge < -0.3 is 4.90 Å². The Morgan fingerprint density at radius 3 is 2.72 bits per heavy atom. The number of likely N-dealkylation sites (tertiary alicyclic amines) is 1. The molecule has 98 valence electrons. The third-order valence-electron chi connectivity index (χ3n) is 3.49. The molecule has 1 fully saturated rings. The van der Waals surface area contributed by atoms with Crippen molar-refractivity contribution in [2.24, 2.45) is 5.92 Å². The second-order valence-corrected chi connectivity index (χ2v) is 5.83. The Morgan fingerprint density at radius 1 is 1.44 bits per heavy atom. The molecule has 1 amide bonds. The number of halogens is 2. The summed E-state index contributed by atoms with van der Waals surface area (Å²) in [6.07, 6.45) is 2.50. The van der Waals surface area contributed by atoms with Gasteiger partial charge in [-0.25, -0.2) is 4.39 Å². The zero-order chi connectivity index (χ0) is 13.1. The summed E-state index contributed by atoms with van der Waals surface area (Å²) >= 11 is 3.30. The SMILES string of the molecule is CC1CCN(C(=O)Cc2ccc(F)cc2Br)CC1. The van der Waals surface area contributed by atoms with Gasteiger partial charge in [0.15, 0.2) is 0 Å². The minimum absolute atomic E-state index is 0.134. The molecule has 1 aromatic rings. The van der Waals surface area contributed by atoms with Crippen LogP contribution in [0.3, 0.4) is 0 Å². The van der Waals surface area contributed by atoms with Gasteiger partial charge in [-0.05, 0) is 36.5 Å². The molecular weight excluding hydrogens is 297 g/mol. The van der Waals surface area contributed by atoms with Gasteiger partial charge in [0.2, 0.25) is 5.91 Å². The average Bonchev–Trinajstić information content (AvgIpc) is 2.33. The average molecular weight is 314 g/mol. The quantitative estimate of drug-likeness (QED) is 0.819. The van der Waals surface area contributed by atoms with Crippen molar-refractivity contribution in [1.29, 1.82) is 0 Å². The summed E-state index contributed by atoms with van der Waals surface area (Å²) in [5, 5.41) is 0. The van der Waals surface area contributed by atoms with Crippen LogP contribution in [0.2, 0.25) is 0 Å². The zero-order valence-corrected chi connectivity index (χ0v) is 12.0. The molecule has 2 rings (SSSR count). The summed E-state index contributed by atoms with van der Waals surface area (Å²) in [4.78, 5) is 14.0. The molecule has 2 nitrogen and oxygen atoms in total. The maximum atomic E-state index is 13.0. The van der Waals surface area contributed by atoms with Crippen molar-refractivity contribution in [2.75, 3.05) is 13.1 Å². The molecule has 0 saturated carbocycles. The Morgan fingerprint density at radius 2 is 2.11 bits per heavy atom.